The summed E-state index contributed by atoms with van der Waals surface area (Å²) in [5.74, 6) is 0.0426. The molecule has 0 aliphatic carbocycles. The summed E-state index contributed by atoms with van der Waals surface area (Å²) in [4.78, 5) is 15.0. The molecule has 1 N–H and O–H groups in total. The van der Waals surface area contributed by atoms with Crippen LogP contribution in [0.3, 0.4) is 0 Å². The van der Waals surface area contributed by atoms with E-state index in [0.717, 1.165) is 50.9 Å². The molecule has 0 radical (unpaired) electrons. The highest BCUT2D eigenvalue weighted by molar-refractivity contribution is 5.86. The van der Waals surface area contributed by atoms with Crippen LogP contribution in [-0.2, 0) is 11.2 Å². The second-order valence-electron chi connectivity index (χ2n) is 6.15. The summed E-state index contributed by atoms with van der Waals surface area (Å²) in [6.07, 6.45) is 4.79. The average molecular weight is 290 g/mol. The van der Waals surface area contributed by atoms with Crippen LogP contribution in [-0.4, -0.2) is 42.4 Å². The molecule has 0 spiro atoms. The molecule has 0 amide bonds. The fourth-order valence-electron chi connectivity index (χ4n) is 3.63. The SMILES string of the molecule is O=C(Cc1ccc(F)cc1)C1CCCN1C1CCNCC1. The Hall–Kier alpha value is -1.26. The lowest BCUT2D eigenvalue weighted by Crippen LogP contribution is -2.48. The van der Waals surface area contributed by atoms with Crippen LogP contribution in [0.1, 0.15) is 31.2 Å². The van der Waals surface area contributed by atoms with E-state index < -0.39 is 0 Å². The summed E-state index contributed by atoms with van der Waals surface area (Å²) in [6.45, 7) is 3.16. The summed E-state index contributed by atoms with van der Waals surface area (Å²) in [6, 6.07) is 6.92. The van der Waals surface area contributed by atoms with Gasteiger partial charge in [-0.05, 0) is 63.0 Å². The molecule has 3 rings (SSSR count). The number of hydrogen-bond donors (Lipinski definition) is 1. The maximum atomic E-state index is 12.9. The number of rotatable bonds is 4. The Bertz CT molecular complexity index is 482. The minimum Gasteiger partial charge on any atom is -0.317 e. The van der Waals surface area contributed by atoms with Crippen molar-refractivity contribution in [1.82, 2.24) is 10.2 Å². The molecule has 4 heteroatoms. The first-order chi connectivity index (χ1) is 10.2. The third kappa shape index (κ3) is 3.50. The number of halogens is 1. The molecular weight excluding hydrogens is 267 g/mol. The van der Waals surface area contributed by atoms with Crippen molar-refractivity contribution in [2.45, 2.75) is 44.2 Å². The highest BCUT2D eigenvalue weighted by atomic mass is 19.1. The van der Waals surface area contributed by atoms with Crippen molar-refractivity contribution in [3.05, 3.63) is 35.6 Å². The van der Waals surface area contributed by atoms with Gasteiger partial charge in [-0.15, -0.1) is 0 Å². The molecule has 0 bridgehead atoms. The van der Waals surface area contributed by atoms with Gasteiger partial charge >= 0.3 is 0 Å². The number of benzene rings is 1. The zero-order valence-corrected chi connectivity index (χ0v) is 12.4. The molecule has 21 heavy (non-hydrogen) atoms. The number of Topliss-reactive ketones (excluding diaryl/α,β-unsaturated/α-hetero) is 1. The minimum absolute atomic E-state index is 0.0677. The second-order valence-corrected chi connectivity index (χ2v) is 6.15. The topological polar surface area (TPSA) is 32.3 Å². The predicted octanol–water partition coefficient (Wildman–Crippen LogP) is 2.15. The first kappa shape index (κ1) is 14.7. The number of nitrogens with one attached hydrogen (secondary N) is 1. The van der Waals surface area contributed by atoms with Crippen molar-refractivity contribution in [2.75, 3.05) is 19.6 Å². The number of likely N-dealkylation sites (tertiary alicyclic amines) is 1. The Kier molecular flexibility index (Phi) is 4.66. The van der Waals surface area contributed by atoms with E-state index in [1.807, 2.05) is 0 Å². The Morgan fingerprint density at radius 2 is 1.90 bits per heavy atom. The molecule has 1 unspecified atom stereocenters. The van der Waals surface area contributed by atoms with Gasteiger partial charge in [-0.1, -0.05) is 12.1 Å². The van der Waals surface area contributed by atoms with Crippen LogP contribution in [0.4, 0.5) is 4.39 Å². The average Bonchev–Trinajstić information content (AvgIpc) is 3.00. The van der Waals surface area contributed by atoms with Gasteiger partial charge in [0.05, 0.1) is 6.04 Å². The Morgan fingerprint density at radius 1 is 1.19 bits per heavy atom. The lowest BCUT2D eigenvalue weighted by atomic mass is 9.98. The summed E-state index contributed by atoms with van der Waals surface area (Å²) < 4.78 is 12.9. The number of hydrogen-bond acceptors (Lipinski definition) is 3. The van der Waals surface area contributed by atoms with Crippen LogP contribution < -0.4 is 5.32 Å². The molecule has 1 aromatic carbocycles. The predicted molar refractivity (Wildman–Crippen MR) is 80.7 cm³/mol. The smallest absolute Gasteiger partial charge is 0.154 e. The minimum atomic E-state index is -0.247. The molecular formula is C17H23FN2O. The van der Waals surface area contributed by atoms with Gasteiger partial charge in [0.1, 0.15) is 5.82 Å². The fraction of sp³-hybridized carbons (Fsp3) is 0.588. The number of ketones is 1. The third-order valence-corrected chi connectivity index (χ3v) is 4.74. The van der Waals surface area contributed by atoms with Crippen molar-refractivity contribution in [2.24, 2.45) is 0 Å². The number of carbonyl (C=O) groups excluding carboxylic acids is 1. The van der Waals surface area contributed by atoms with Crippen molar-refractivity contribution in [3.63, 3.8) is 0 Å². The normalized spacial score (nSPS) is 24.3. The van der Waals surface area contributed by atoms with Crippen LogP contribution in [0.2, 0.25) is 0 Å². The van der Waals surface area contributed by atoms with E-state index in [9.17, 15) is 9.18 Å². The molecule has 2 aliphatic heterocycles. The van der Waals surface area contributed by atoms with Crippen molar-refractivity contribution in [1.29, 1.82) is 0 Å². The van der Waals surface area contributed by atoms with E-state index in [1.54, 1.807) is 12.1 Å². The maximum Gasteiger partial charge on any atom is 0.154 e. The zero-order valence-electron chi connectivity index (χ0n) is 12.4. The second kappa shape index (κ2) is 6.67. The van der Waals surface area contributed by atoms with Crippen molar-refractivity contribution in [3.8, 4) is 0 Å². The van der Waals surface area contributed by atoms with E-state index >= 15 is 0 Å². The Balaban J connectivity index is 1.63. The Labute approximate surface area is 125 Å². The van der Waals surface area contributed by atoms with E-state index in [2.05, 4.69) is 10.2 Å². The Morgan fingerprint density at radius 3 is 2.62 bits per heavy atom. The summed E-state index contributed by atoms with van der Waals surface area (Å²) in [5, 5.41) is 3.38. The van der Waals surface area contributed by atoms with Crippen LogP contribution in [0.5, 0.6) is 0 Å². The molecule has 114 valence electrons. The number of carbonyl (C=O) groups is 1. The molecule has 0 aromatic heterocycles. The van der Waals surface area contributed by atoms with Crippen molar-refractivity contribution < 1.29 is 9.18 Å². The standard InChI is InChI=1S/C17H23FN2O/c18-14-5-3-13(4-6-14)12-17(21)16-2-1-11-20(16)15-7-9-19-10-8-15/h3-6,15-16,19H,1-2,7-12H2. The van der Waals surface area contributed by atoms with Gasteiger partial charge in [0.15, 0.2) is 5.78 Å². The van der Waals surface area contributed by atoms with E-state index in [-0.39, 0.29) is 17.6 Å². The lowest BCUT2D eigenvalue weighted by Gasteiger charge is -2.35. The van der Waals surface area contributed by atoms with E-state index in [0.29, 0.717) is 12.5 Å². The maximum absolute atomic E-state index is 12.9. The molecule has 1 atom stereocenters. The first-order valence-corrected chi connectivity index (χ1v) is 7.97. The highest BCUT2D eigenvalue weighted by Gasteiger charge is 2.35. The number of nitrogens with zero attached hydrogens (tertiary/aromatic N) is 1. The van der Waals surface area contributed by atoms with Gasteiger partial charge in [0.25, 0.3) is 0 Å². The molecule has 2 fully saturated rings. The summed E-state index contributed by atoms with van der Waals surface area (Å²) >= 11 is 0. The fourth-order valence-corrected chi connectivity index (χ4v) is 3.63. The molecule has 1 aromatic rings. The highest BCUT2D eigenvalue weighted by Crippen LogP contribution is 2.25. The van der Waals surface area contributed by atoms with Gasteiger partial charge < -0.3 is 5.32 Å². The van der Waals surface area contributed by atoms with Gasteiger partial charge in [-0.25, -0.2) is 4.39 Å². The largest absolute Gasteiger partial charge is 0.317 e. The third-order valence-electron chi connectivity index (χ3n) is 4.74. The first-order valence-electron chi connectivity index (χ1n) is 7.97. The van der Waals surface area contributed by atoms with E-state index in [1.165, 1.54) is 12.1 Å². The molecule has 2 heterocycles. The van der Waals surface area contributed by atoms with Crippen LogP contribution in [0, 0.1) is 5.82 Å². The van der Waals surface area contributed by atoms with Crippen LogP contribution in [0.15, 0.2) is 24.3 Å². The summed E-state index contributed by atoms with van der Waals surface area (Å²) in [5.41, 5.74) is 0.915. The molecule has 0 saturated carbocycles. The van der Waals surface area contributed by atoms with Gasteiger partial charge in [-0.2, -0.15) is 0 Å². The van der Waals surface area contributed by atoms with Crippen LogP contribution in [0.25, 0.3) is 0 Å². The van der Waals surface area contributed by atoms with Gasteiger partial charge in [0, 0.05) is 12.5 Å². The lowest BCUT2D eigenvalue weighted by molar-refractivity contribution is -0.123. The molecule has 2 aliphatic rings. The summed E-state index contributed by atoms with van der Waals surface area (Å²) in [7, 11) is 0. The molecule has 3 nitrogen and oxygen atoms in total. The molecule has 2 saturated heterocycles. The zero-order chi connectivity index (χ0) is 14.7. The van der Waals surface area contributed by atoms with Gasteiger partial charge in [-0.3, -0.25) is 9.69 Å². The van der Waals surface area contributed by atoms with Gasteiger partial charge in [0.2, 0.25) is 0 Å². The van der Waals surface area contributed by atoms with E-state index in [4.69, 9.17) is 0 Å². The monoisotopic (exact) mass is 290 g/mol. The number of piperidine rings is 1. The van der Waals surface area contributed by atoms with Crippen LogP contribution >= 0.6 is 0 Å². The quantitative estimate of drug-likeness (QED) is 0.922. The van der Waals surface area contributed by atoms with Crippen molar-refractivity contribution >= 4 is 5.78 Å².